The summed E-state index contributed by atoms with van der Waals surface area (Å²) in [5.74, 6) is -0.0955. The predicted molar refractivity (Wildman–Crippen MR) is 57.1 cm³/mol. The van der Waals surface area contributed by atoms with Crippen molar-refractivity contribution in [3.05, 3.63) is 23.9 Å². The summed E-state index contributed by atoms with van der Waals surface area (Å²) >= 11 is 0. The number of nitrogens with two attached hydrogens (primary N) is 1. The van der Waals surface area contributed by atoms with Crippen molar-refractivity contribution in [1.82, 2.24) is 15.2 Å². The molecule has 0 bridgehead atoms. The van der Waals surface area contributed by atoms with Gasteiger partial charge in [-0.2, -0.15) is 0 Å². The molecular formula is C10H12N4O2. The molecule has 1 fully saturated rings. The van der Waals surface area contributed by atoms with E-state index in [-0.39, 0.29) is 24.9 Å². The molecule has 0 spiro atoms. The number of aromatic nitrogens is 1. The zero-order chi connectivity index (χ0) is 11.5. The average molecular weight is 220 g/mol. The zero-order valence-electron chi connectivity index (χ0n) is 8.64. The van der Waals surface area contributed by atoms with Crippen molar-refractivity contribution in [2.75, 3.05) is 18.8 Å². The minimum atomic E-state index is -0.265. The molecule has 16 heavy (non-hydrogen) atoms. The van der Waals surface area contributed by atoms with E-state index in [9.17, 15) is 9.59 Å². The number of imide groups is 1. The van der Waals surface area contributed by atoms with E-state index in [1.165, 1.54) is 0 Å². The summed E-state index contributed by atoms with van der Waals surface area (Å²) in [6.45, 7) is 0.980. The summed E-state index contributed by atoms with van der Waals surface area (Å²) in [4.78, 5) is 27.9. The van der Waals surface area contributed by atoms with E-state index in [4.69, 9.17) is 5.73 Å². The fraction of sp³-hybridized carbons (Fsp3) is 0.300. The molecule has 1 saturated heterocycles. The summed E-state index contributed by atoms with van der Waals surface area (Å²) in [5, 5.41) is 2.25. The highest BCUT2D eigenvalue weighted by Gasteiger charge is 2.22. The molecule has 1 aromatic rings. The smallest absolute Gasteiger partial charge is 0.240 e. The molecule has 2 heterocycles. The molecule has 6 heteroatoms. The maximum atomic E-state index is 11.1. The predicted octanol–water partition coefficient (Wildman–Crippen LogP) is -0.878. The average Bonchev–Trinajstić information content (AvgIpc) is 2.15. The largest absolute Gasteiger partial charge is 0.384 e. The Bertz CT molecular complexity index is 417. The van der Waals surface area contributed by atoms with Crippen LogP contribution in [0.1, 0.15) is 5.56 Å². The monoisotopic (exact) mass is 220 g/mol. The molecule has 1 aromatic heterocycles. The lowest BCUT2D eigenvalue weighted by Gasteiger charge is -2.25. The van der Waals surface area contributed by atoms with Crippen LogP contribution in [0.4, 0.5) is 5.82 Å². The van der Waals surface area contributed by atoms with Crippen LogP contribution in [0.25, 0.3) is 0 Å². The third kappa shape index (κ3) is 2.54. The number of amides is 2. The fourth-order valence-electron chi connectivity index (χ4n) is 1.66. The Hall–Kier alpha value is -1.95. The second-order valence-corrected chi connectivity index (χ2v) is 3.71. The number of rotatable bonds is 2. The topological polar surface area (TPSA) is 88.3 Å². The van der Waals surface area contributed by atoms with E-state index < -0.39 is 0 Å². The molecule has 1 aliphatic rings. The highest BCUT2D eigenvalue weighted by molar-refractivity contribution is 5.99. The number of carbonyl (C=O) groups is 2. The van der Waals surface area contributed by atoms with E-state index in [0.29, 0.717) is 12.4 Å². The Morgan fingerprint density at radius 2 is 2.06 bits per heavy atom. The summed E-state index contributed by atoms with van der Waals surface area (Å²) in [6, 6.07) is 3.55. The van der Waals surface area contributed by atoms with Crippen LogP contribution in [-0.2, 0) is 16.1 Å². The van der Waals surface area contributed by atoms with E-state index in [0.717, 1.165) is 5.56 Å². The van der Waals surface area contributed by atoms with Gasteiger partial charge in [-0.3, -0.25) is 19.8 Å². The second kappa shape index (κ2) is 4.28. The van der Waals surface area contributed by atoms with Gasteiger partial charge in [0.05, 0.1) is 13.1 Å². The lowest BCUT2D eigenvalue weighted by molar-refractivity contribution is -0.136. The van der Waals surface area contributed by atoms with Crippen molar-refractivity contribution in [3.8, 4) is 0 Å². The third-order valence-electron chi connectivity index (χ3n) is 2.26. The van der Waals surface area contributed by atoms with Gasteiger partial charge in [-0.1, -0.05) is 0 Å². The number of hydrogen-bond donors (Lipinski definition) is 2. The van der Waals surface area contributed by atoms with Gasteiger partial charge in [-0.05, 0) is 17.7 Å². The van der Waals surface area contributed by atoms with Gasteiger partial charge in [0.15, 0.2) is 0 Å². The van der Waals surface area contributed by atoms with E-state index >= 15 is 0 Å². The number of nitrogens with one attached hydrogen (secondary N) is 1. The molecule has 1 aliphatic heterocycles. The number of pyridine rings is 1. The molecule has 0 unspecified atom stereocenters. The Morgan fingerprint density at radius 3 is 2.69 bits per heavy atom. The van der Waals surface area contributed by atoms with Gasteiger partial charge in [-0.25, -0.2) is 4.98 Å². The first-order valence-corrected chi connectivity index (χ1v) is 4.89. The van der Waals surface area contributed by atoms with Gasteiger partial charge in [-0.15, -0.1) is 0 Å². The van der Waals surface area contributed by atoms with Gasteiger partial charge in [0.1, 0.15) is 5.82 Å². The van der Waals surface area contributed by atoms with Gasteiger partial charge in [0, 0.05) is 12.7 Å². The highest BCUT2D eigenvalue weighted by atomic mass is 16.2. The molecule has 0 saturated carbocycles. The number of nitrogen functional groups attached to an aromatic ring is 1. The van der Waals surface area contributed by atoms with Gasteiger partial charge in [0.2, 0.25) is 11.8 Å². The normalized spacial score (nSPS) is 17.2. The molecule has 0 radical (unpaired) electrons. The van der Waals surface area contributed by atoms with E-state index in [1.54, 1.807) is 17.2 Å². The standard InChI is InChI=1S/C10H12N4O2/c11-8-3-7(1-2-12-8)4-14-5-9(15)13-10(16)6-14/h1-3H,4-6H2,(H2,11,12)(H,13,15,16). The molecule has 0 aliphatic carbocycles. The molecule has 2 rings (SSSR count). The lowest BCUT2D eigenvalue weighted by Crippen LogP contribution is -2.50. The summed E-state index contributed by atoms with van der Waals surface area (Å²) in [7, 11) is 0. The van der Waals surface area contributed by atoms with Crippen molar-refractivity contribution < 1.29 is 9.59 Å². The SMILES string of the molecule is Nc1cc(CN2CC(=O)NC(=O)C2)ccn1. The van der Waals surface area contributed by atoms with Crippen molar-refractivity contribution in [1.29, 1.82) is 0 Å². The molecular weight excluding hydrogens is 208 g/mol. The van der Waals surface area contributed by atoms with E-state index in [2.05, 4.69) is 10.3 Å². The highest BCUT2D eigenvalue weighted by Crippen LogP contribution is 2.08. The lowest BCUT2D eigenvalue weighted by atomic mass is 10.2. The quantitative estimate of drug-likeness (QED) is 0.632. The van der Waals surface area contributed by atoms with Crippen LogP contribution in [-0.4, -0.2) is 34.8 Å². The van der Waals surface area contributed by atoms with Crippen LogP contribution >= 0.6 is 0 Å². The van der Waals surface area contributed by atoms with Crippen LogP contribution in [0, 0.1) is 0 Å². The second-order valence-electron chi connectivity index (χ2n) is 3.71. The number of carbonyl (C=O) groups excluding carboxylic acids is 2. The van der Waals surface area contributed by atoms with Crippen LogP contribution in [0.5, 0.6) is 0 Å². The molecule has 2 amide bonds. The first-order valence-electron chi connectivity index (χ1n) is 4.89. The van der Waals surface area contributed by atoms with Crippen molar-refractivity contribution >= 4 is 17.6 Å². The Labute approximate surface area is 92.4 Å². The Balaban J connectivity index is 2.04. The summed E-state index contributed by atoms with van der Waals surface area (Å²) < 4.78 is 0. The van der Waals surface area contributed by atoms with Crippen LogP contribution in [0.15, 0.2) is 18.3 Å². The molecule has 0 aromatic carbocycles. The Morgan fingerprint density at radius 1 is 1.38 bits per heavy atom. The van der Waals surface area contributed by atoms with Gasteiger partial charge >= 0.3 is 0 Å². The zero-order valence-corrected chi connectivity index (χ0v) is 8.64. The van der Waals surface area contributed by atoms with Crippen LogP contribution in [0.3, 0.4) is 0 Å². The third-order valence-corrected chi connectivity index (χ3v) is 2.26. The minimum Gasteiger partial charge on any atom is -0.384 e. The van der Waals surface area contributed by atoms with Crippen molar-refractivity contribution in [2.45, 2.75) is 6.54 Å². The maximum absolute atomic E-state index is 11.1. The van der Waals surface area contributed by atoms with Crippen molar-refractivity contribution in [2.24, 2.45) is 0 Å². The van der Waals surface area contributed by atoms with Gasteiger partial charge in [0.25, 0.3) is 0 Å². The minimum absolute atomic E-state index is 0.230. The Kier molecular flexibility index (Phi) is 2.82. The maximum Gasteiger partial charge on any atom is 0.240 e. The number of anilines is 1. The fourth-order valence-corrected chi connectivity index (χ4v) is 1.66. The van der Waals surface area contributed by atoms with Crippen molar-refractivity contribution in [3.63, 3.8) is 0 Å². The summed E-state index contributed by atoms with van der Waals surface area (Å²) in [6.07, 6.45) is 1.61. The molecule has 3 N–H and O–H groups in total. The molecule has 6 nitrogen and oxygen atoms in total. The number of hydrogen-bond acceptors (Lipinski definition) is 5. The number of piperazine rings is 1. The molecule has 84 valence electrons. The van der Waals surface area contributed by atoms with Gasteiger partial charge < -0.3 is 5.73 Å². The van der Waals surface area contributed by atoms with E-state index in [1.807, 2.05) is 6.07 Å². The molecule has 0 atom stereocenters. The first kappa shape index (κ1) is 10.6. The van der Waals surface area contributed by atoms with Crippen LogP contribution in [0.2, 0.25) is 0 Å². The number of nitrogens with zero attached hydrogens (tertiary/aromatic N) is 2. The first-order chi connectivity index (χ1) is 7.63. The summed E-state index contributed by atoms with van der Waals surface area (Å²) in [5.41, 5.74) is 6.48. The van der Waals surface area contributed by atoms with Crippen LogP contribution < -0.4 is 11.1 Å².